The SMILES string of the molecule is CC(=O)Nc1ccc(F)c(C(=O)NC2(CC(=O)O)CCOCC2)c1. The van der Waals surface area contributed by atoms with Gasteiger partial charge >= 0.3 is 5.97 Å². The van der Waals surface area contributed by atoms with E-state index in [0.29, 0.717) is 26.1 Å². The molecule has 0 saturated carbocycles. The average molecular weight is 338 g/mol. The number of carbonyl (C=O) groups excluding carboxylic acids is 2. The normalized spacial score (nSPS) is 16.2. The molecule has 0 unspecified atom stereocenters. The molecule has 7 nitrogen and oxygen atoms in total. The predicted octanol–water partition coefficient (Wildman–Crippen LogP) is 1.54. The second-order valence-corrected chi connectivity index (χ2v) is 5.79. The van der Waals surface area contributed by atoms with E-state index in [4.69, 9.17) is 9.84 Å². The Morgan fingerprint density at radius 3 is 2.54 bits per heavy atom. The molecule has 0 atom stereocenters. The first-order chi connectivity index (χ1) is 11.3. The van der Waals surface area contributed by atoms with Crippen molar-refractivity contribution < 1.29 is 28.6 Å². The highest BCUT2D eigenvalue weighted by Gasteiger charge is 2.37. The number of rotatable bonds is 5. The van der Waals surface area contributed by atoms with Gasteiger partial charge in [0, 0.05) is 25.8 Å². The molecule has 24 heavy (non-hydrogen) atoms. The first kappa shape index (κ1) is 17.9. The monoisotopic (exact) mass is 338 g/mol. The molecule has 1 saturated heterocycles. The fourth-order valence-electron chi connectivity index (χ4n) is 2.69. The molecule has 2 rings (SSSR count). The number of hydrogen-bond donors (Lipinski definition) is 3. The number of benzene rings is 1. The van der Waals surface area contributed by atoms with Gasteiger partial charge in [0.05, 0.1) is 17.5 Å². The largest absolute Gasteiger partial charge is 0.481 e. The molecule has 1 heterocycles. The summed E-state index contributed by atoms with van der Waals surface area (Å²) in [6, 6.07) is 3.64. The van der Waals surface area contributed by atoms with Crippen LogP contribution in [0.25, 0.3) is 0 Å². The zero-order chi connectivity index (χ0) is 17.7. The summed E-state index contributed by atoms with van der Waals surface area (Å²) in [7, 11) is 0. The van der Waals surface area contributed by atoms with Gasteiger partial charge in [-0.3, -0.25) is 14.4 Å². The van der Waals surface area contributed by atoms with Crippen molar-refractivity contribution in [3.8, 4) is 0 Å². The molecule has 0 aliphatic carbocycles. The molecule has 130 valence electrons. The van der Waals surface area contributed by atoms with Crippen LogP contribution in [0.1, 0.15) is 36.5 Å². The maximum Gasteiger partial charge on any atom is 0.305 e. The summed E-state index contributed by atoms with van der Waals surface area (Å²) in [4.78, 5) is 34.7. The molecule has 0 radical (unpaired) electrons. The molecule has 0 spiro atoms. The van der Waals surface area contributed by atoms with Crippen LogP contribution >= 0.6 is 0 Å². The van der Waals surface area contributed by atoms with Crippen LogP contribution in [-0.4, -0.2) is 41.6 Å². The second kappa shape index (κ2) is 7.39. The van der Waals surface area contributed by atoms with Crippen molar-refractivity contribution in [1.29, 1.82) is 0 Å². The van der Waals surface area contributed by atoms with Gasteiger partial charge in [-0.25, -0.2) is 4.39 Å². The van der Waals surface area contributed by atoms with Crippen molar-refractivity contribution in [3.05, 3.63) is 29.6 Å². The Morgan fingerprint density at radius 1 is 1.29 bits per heavy atom. The van der Waals surface area contributed by atoms with Crippen LogP contribution in [0.2, 0.25) is 0 Å². The lowest BCUT2D eigenvalue weighted by atomic mass is 9.86. The van der Waals surface area contributed by atoms with E-state index >= 15 is 0 Å². The average Bonchev–Trinajstić information content (AvgIpc) is 2.48. The summed E-state index contributed by atoms with van der Waals surface area (Å²) in [6.07, 6.45) is 0.394. The summed E-state index contributed by atoms with van der Waals surface area (Å²) >= 11 is 0. The quantitative estimate of drug-likeness (QED) is 0.755. The first-order valence-electron chi connectivity index (χ1n) is 7.50. The number of ether oxygens (including phenoxy) is 1. The number of amides is 2. The van der Waals surface area contributed by atoms with Crippen molar-refractivity contribution in [1.82, 2.24) is 5.32 Å². The Kier molecular flexibility index (Phi) is 5.50. The van der Waals surface area contributed by atoms with Crippen LogP contribution in [-0.2, 0) is 14.3 Å². The fourth-order valence-corrected chi connectivity index (χ4v) is 2.69. The highest BCUT2D eigenvalue weighted by Crippen LogP contribution is 2.26. The van der Waals surface area contributed by atoms with Crippen LogP contribution in [0.5, 0.6) is 0 Å². The molecule has 2 amide bonds. The molecule has 0 aromatic heterocycles. The third-order valence-corrected chi connectivity index (χ3v) is 3.85. The van der Waals surface area contributed by atoms with Crippen LogP contribution < -0.4 is 10.6 Å². The Balaban J connectivity index is 2.23. The van der Waals surface area contributed by atoms with Gasteiger partial charge in [0.1, 0.15) is 5.82 Å². The molecule has 8 heteroatoms. The van der Waals surface area contributed by atoms with Gasteiger partial charge in [-0.1, -0.05) is 0 Å². The number of aliphatic carboxylic acids is 1. The Bertz CT molecular complexity index is 656. The highest BCUT2D eigenvalue weighted by atomic mass is 19.1. The number of carbonyl (C=O) groups is 3. The minimum atomic E-state index is -1.05. The number of halogens is 1. The number of carboxylic acid groups (broad SMARTS) is 1. The van der Waals surface area contributed by atoms with Crippen molar-refractivity contribution in [3.63, 3.8) is 0 Å². The van der Waals surface area contributed by atoms with Gasteiger partial charge in [0.15, 0.2) is 0 Å². The summed E-state index contributed by atoms with van der Waals surface area (Å²) < 4.78 is 19.2. The van der Waals surface area contributed by atoms with E-state index in [1.807, 2.05) is 0 Å². The molecule has 1 aliphatic rings. The topological polar surface area (TPSA) is 105 Å². The molecule has 1 aliphatic heterocycles. The smallest absolute Gasteiger partial charge is 0.305 e. The lowest BCUT2D eigenvalue weighted by Crippen LogP contribution is -2.53. The third kappa shape index (κ3) is 4.51. The second-order valence-electron chi connectivity index (χ2n) is 5.79. The van der Waals surface area contributed by atoms with Crippen LogP contribution in [0.3, 0.4) is 0 Å². The molecule has 1 fully saturated rings. The van der Waals surface area contributed by atoms with Gasteiger partial charge in [0.2, 0.25) is 5.91 Å². The molecule has 1 aromatic rings. The zero-order valence-electron chi connectivity index (χ0n) is 13.2. The zero-order valence-corrected chi connectivity index (χ0v) is 13.2. The van der Waals surface area contributed by atoms with Gasteiger partial charge in [0.25, 0.3) is 5.91 Å². The maximum absolute atomic E-state index is 14.0. The molecular formula is C16H19FN2O5. The fraction of sp³-hybridized carbons (Fsp3) is 0.438. The van der Waals surface area contributed by atoms with Gasteiger partial charge in [-0.2, -0.15) is 0 Å². The minimum Gasteiger partial charge on any atom is -0.481 e. The Hall–Kier alpha value is -2.48. The number of hydrogen-bond acceptors (Lipinski definition) is 4. The Morgan fingerprint density at radius 2 is 1.96 bits per heavy atom. The van der Waals surface area contributed by atoms with Crippen LogP contribution in [0.4, 0.5) is 10.1 Å². The van der Waals surface area contributed by atoms with Crippen molar-refractivity contribution in [2.75, 3.05) is 18.5 Å². The lowest BCUT2D eigenvalue weighted by Gasteiger charge is -2.36. The van der Waals surface area contributed by atoms with Crippen LogP contribution in [0.15, 0.2) is 18.2 Å². The van der Waals surface area contributed by atoms with E-state index in [0.717, 1.165) is 6.07 Å². The third-order valence-electron chi connectivity index (χ3n) is 3.85. The molecule has 3 N–H and O–H groups in total. The van der Waals surface area contributed by atoms with E-state index in [1.165, 1.54) is 19.1 Å². The first-order valence-corrected chi connectivity index (χ1v) is 7.50. The van der Waals surface area contributed by atoms with E-state index in [9.17, 15) is 18.8 Å². The highest BCUT2D eigenvalue weighted by molar-refractivity contribution is 5.97. The Labute approximate surface area is 138 Å². The summed E-state index contributed by atoms with van der Waals surface area (Å²) in [5.41, 5.74) is -0.941. The molecular weight excluding hydrogens is 319 g/mol. The van der Waals surface area contributed by atoms with Gasteiger partial charge < -0.3 is 20.5 Å². The van der Waals surface area contributed by atoms with E-state index in [2.05, 4.69) is 10.6 Å². The summed E-state index contributed by atoms with van der Waals surface area (Å²) in [5, 5.41) is 14.2. The summed E-state index contributed by atoms with van der Waals surface area (Å²) in [6.45, 7) is 1.94. The van der Waals surface area contributed by atoms with Gasteiger partial charge in [-0.15, -0.1) is 0 Å². The van der Waals surface area contributed by atoms with E-state index in [-0.39, 0.29) is 23.6 Å². The lowest BCUT2D eigenvalue weighted by molar-refractivity contribution is -0.139. The maximum atomic E-state index is 14.0. The van der Waals surface area contributed by atoms with Crippen molar-refractivity contribution >= 4 is 23.5 Å². The van der Waals surface area contributed by atoms with Gasteiger partial charge in [-0.05, 0) is 31.0 Å². The predicted molar refractivity (Wildman–Crippen MR) is 83.2 cm³/mol. The standard InChI is InChI=1S/C16H19FN2O5/c1-10(20)18-11-2-3-13(17)12(8-11)15(23)19-16(9-14(21)22)4-6-24-7-5-16/h2-3,8H,4-7,9H2,1H3,(H,18,20)(H,19,23)(H,21,22). The minimum absolute atomic E-state index is 0.252. The van der Waals surface area contributed by atoms with E-state index in [1.54, 1.807) is 0 Å². The molecule has 1 aromatic carbocycles. The summed E-state index contributed by atoms with van der Waals surface area (Å²) in [5.74, 6) is -2.87. The molecule has 0 bridgehead atoms. The van der Waals surface area contributed by atoms with Crippen molar-refractivity contribution in [2.45, 2.75) is 31.7 Å². The van der Waals surface area contributed by atoms with Crippen molar-refractivity contribution in [2.24, 2.45) is 0 Å². The number of anilines is 1. The number of nitrogens with one attached hydrogen (secondary N) is 2. The van der Waals surface area contributed by atoms with Crippen LogP contribution in [0, 0.1) is 5.82 Å². The van der Waals surface area contributed by atoms with E-state index < -0.39 is 23.2 Å². The number of carboxylic acids is 1.